The number of aryl methyl sites for hydroxylation is 1. The van der Waals surface area contributed by atoms with Crippen molar-refractivity contribution in [1.29, 1.82) is 0 Å². The molecule has 240 valence electrons. The van der Waals surface area contributed by atoms with Crippen LogP contribution in [-0.2, 0) is 32.6 Å². The third-order valence-electron chi connectivity index (χ3n) is 8.28. The van der Waals surface area contributed by atoms with Gasteiger partial charge in [-0.2, -0.15) is 0 Å². The summed E-state index contributed by atoms with van der Waals surface area (Å²) in [6, 6.07) is 29.2. The Morgan fingerprint density at radius 3 is 2.22 bits per heavy atom. The second-order valence-electron chi connectivity index (χ2n) is 11.6. The van der Waals surface area contributed by atoms with E-state index in [0.717, 1.165) is 45.6 Å². The number of nitrogens with zero attached hydrogens (tertiary/aromatic N) is 2. The van der Waals surface area contributed by atoms with E-state index >= 15 is 0 Å². The van der Waals surface area contributed by atoms with E-state index < -0.39 is 28.5 Å². The van der Waals surface area contributed by atoms with Crippen molar-refractivity contribution in [3.05, 3.63) is 129 Å². The van der Waals surface area contributed by atoms with Gasteiger partial charge in [0.05, 0.1) is 10.6 Å². The zero-order valence-electron chi connectivity index (χ0n) is 25.6. The molecule has 10 heteroatoms. The monoisotopic (exact) mass is 721 g/mol. The van der Waals surface area contributed by atoms with Crippen molar-refractivity contribution in [2.75, 3.05) is 10.8 Å². The van der Waals surface area contributed by atoms with Crippen LogP contribution in [0.2, 0.25) is 5.02 Å². The molecule has 2 amide bonds. The maximum Gasteiger partial charge on any atom is 0.264 e. The Bertz CT molecular complexity index is 1760. The lowest BCUT2D eigenvalue weighted by Crippen LogP contribution is -2.54. The largest absolute Gasteiger partial charge is 0.352 e. The number of rotatable bonds is 12. The van der Waals surface area contributed by atoms with E-state index in [4.69, 9.17) is 11.6 Å². The molecule has 7 nitrogen and oxygen atoms in total. The van der Waals surface area contributed by atoms with Crippen LogP contribution in [-0.4, -0.2) is 43.8 Å². The highest BCUT2D eigenvalue weighted by molar-refractivity contribution is 9.10. The molecule has 0 heterocycles. The molecule has 0 aliphatic heterocycles. The van der Waals surface area contributed by atoms with Gasteiger partial charge in [0, 0.05) is 28.5 Å². The lowest BCUT2D eigenvalue weighted by Gasteiger charge is -2.34. The van der Waals surface area contributed by atoms with E-state index in [-0.39, 0.29) is 29.8 Å². The Balaban J connectivity index is 1.57. The number of benzene rings is 4. The zero-order valence-corrected chi connectivity index (χ0v) is 28.8. The molecule has 1 atom stereocenters. The number of nitrogens with one attached hydrogen (secondary N) is 1. The normalized spacial score (nSPS) is 14.1. The molecule has 0 unspecified atom stereocenters. The maximum absolute atomic E-state index is 14.6. The second-order valence-corrected chi connectivity index (χ2v) is 14.8. The van der Waals surface area contributed by atoms with Gasteiger partial charge in [0.25, 0.3) is 10.0 Å². The van der Waals surface area contributed by atoms with Crippen molar-refractivity contribution in [2.24, 2.45) is 0 Å². The molecule has 4 aromatic rings. The fourth-order valence-corrected chi connectivity index (χ4v) is 7.90. The highest BCUT2D eigenvalue weighted by atomic mass is 79.9. The van der Waals surface area contributed by atoms with Gasteiger partial charge < -0.3 is 10.2 Å². The highest BCUT2D eigenvalue weighted by Gasteiger charge is 2.36. The summed E-state index contributed by atoms with van der Waals surface area (Å²) >= 11 is 9.60. The van der Waals surface area contributed by atoms with Gasteiger partial charge in [0.1, 0.15) is 12.6 Å². The molecule has 0 radical (unpaired) electrons. The molecule has 0 spiro atoms. The Kier molecular flexibility index (Phi) is 11.2. The van der Waals surface area contributed by atoms with Crippen molar-refractivity contribution >= 4 is 55.1 Å². The van der Waals surface area contributed by atoms with Crippen LogP contribution >= 0.6 is 27.5 Å². The van der Waals surface area contributed by atoms with Crippen molar-refractivity contribution in [3.63, 3.8) is 0 Å². The third-order valence-corrected chi connectivity index (χ3v) is 10.8. The van der Waals surface area contributed by atoms with E-state index in [0.29, 0.717) is 16.3 Å². The molecule has 1 N–H and O–H groups in total. The first-order valence-electron chi connectivity index (χ1n) is 15.3. The Hall–Kier alpha value is -3.66. The Morgan fingerprint density at radius 2 is 1.54 bits per heavy atom. The molecule has 5 rings (SSSR count). The van der Waals surface area contributed by atoms with Gasteiger partial charge in [-0.3, -0.25) is 13.9 Å². The topological polar surface area (TPSA) is 86.8 Å². The van der Waals surface area contributed by atoms with Crippen LogP contribution in [0.15, 0.2) is 112 Å². The summed E-state index contributed by atoms with van der Waals surface area (Å²) < 4.78 is 30.4. The van der Waals surface area contributed by atoms with E-state index in [1.165, 1.54) is 29.2 Å². The molecule has 1 fully saturated rings. The Morgan fingerprint density at radius 1 is 0.891 bits per heavy atom. The fraction of sp³-hybridized carbons (Fsp3) is 0.278. The number of anilines is 1. The van der Waals surface area contributed by atoms with E-state index in [2.05, 4.69) is 21.2 Å². The molecule has 4 aromatic carbocycles. The lowest BCUT2D eigenvalue weighted by atomic mass is 10.0. The van der Waals surface area contributed by atoms with Crippen molar-refractivity contribution in [1.82, 2.24) is 10.2 Å². The first-order valence-corrected chi connectivity index (χ1v) is 17.9. The SMILES string of the molecule is Cc1ccccc1N(CC(=O)N(Cc1cccc(Br)c1)[C@H](Cc1ccccc1)C(=O)NC1CCCC1)S(=O)(=O)c1ccc(Cl)cc1. The first-order chi connectivity index (χ1) is 22.1. The molecule has 1 aliphatic carbocycles. The molecule has 0 bridgehead atoms. The summed E-state index contributed by atoms with van der Waals surface area (Å²) in [7, 11) is -4.21. The quantitative estimate of drug-likeness (QED) is 0.166. The number of para-hydroxylation sites is 1. The fourth-order valence-electron chi connectivity index (χ4n) is 5.84. The summed E-state index contributed by atoms with van der Waals surface area (Å²) in [4.78, 5) is 30.3. The number of hydrogen-bond acceptors (Lipinski definition) is 4. The van der Waals surface area contributed by atoms with E-state index in [1.807, 2.05) is 60.7 Å². The zero-order chi connectivity index (χ0) is 32.7. The van der Waals surface area contributed by atoms with Crippen LogP contribution in [0.3, 0.4) is 0 Å². The minimum absolute atomic E-state index is 0.00584. The van der Waals surface area contributed by atoms with Crippen LogP contribution in [0.1, 0.15) is 42.4 Å². The van der Waals surface area contributed by atoms with Crippen LogP contribution in [0.4, 0.5) is 5.69 Å². The summed E-state index contributed by atoms with van der Waals surface area (Å²) in [6.45, 7) is 1.40. The van der Waals surface area contributed by atoms with Gasteiger partial charge in [-0.05, 0) is 78.9 Å². The van der Waals surface area contributed by atoms with Crippen molar-refractivity contribution in [3.8, 4) is 0 Å². The van der Waals surface area contributed by atoms with Gasteiger partial charge in [0.15, 0.2) is 0 Å². The molecule has 1 aliphatic rings. The molecular formula is C36H37BrClN3O4S. The molecular weight excluding hydrogens is 686 g/mol. The molecule has 1 saturated carbocycles. The van der Waals surface area contributed by atoms with E-state index in [1.54, 1.807) is 25.1 Å². The number of sulfonamides is 1. The van der Waals surface area contributed by atoms with Gasteiger partial charge in [-0.25, -0.2) is 8.42 Å². The number of hydrogen-bond donors (Lipinski definition) is 1. The lowest BCUT2D eigenvalue weighted by molar-refractivity contribution is -0.140. The molecule has 0 saturated heterocycles. The standard InChI is InChI=1S/C36H37BrClN3O4S/c1-26-10-5-8-17-33(26)41(46(44,45)32-20-18-30(38)19-21-32)25-35(42)40(24-28-13-9-14-29(37)22-28)34(23-27-11-3-2-4-12-27)36(43)39-31-15-6-7-16-31/h2-5,8-14,17-22,31,34H,6-7,15-16,23-25H2,1H3,(H,39,43)/t34-/m1/s1. The van der Waals surface area contributed by atoms with E-state index in [9.17, 15) is 18.0 Å². The number of halogens is 2. The van der Waals surface area contributed by atoms with Gasteiger partial charge in [0.2, 0.25) is 11.8 Å². The van der Waals surface area contributed by atoms with Crippen LogP contribution < -0.4 is 9.62 Å². The third kappa shape index (κ3) is 8.37. The minimum atomic E-state index is -4.21. The Labute approximate surface area is 284 Å². The van der Waals surface area contributed by atoms with Crippen molar-refractivity contribution < 1.29 is 18.0 Å². The highest BCUT2D eigenvalue weighted by Crippen LogP contribution is 2.29. The smallest absolute Gasteiger partial charge is 0.264 e. The summed E-state index contributed by atoms with van der Waals surface area (Å²) in [5.74, 6) is -0.745. The second kappa shape index (κ2) is 15.3. The van der Waals surface area contributed by atoms with Gasteiger partial charge in [-0.1, -0.05) is 101 Å². The molecule has 0 aromatic heterocycles. The first kappa shape index (κ1) is 33.7. The molecule has 46 heavy (non-hydrogen) atoms. The average Bonchev–Trinajstić information content (AvgIpc) is 3.55. The van der Waals surface area contributed by atoms with Crippen LogP contribution in [0.5, 0.6) is 0 Å². The predicted molar refractivity (Wildman–Crippen MR) is 186 cm³/mol. The van der Waals surface area contributed by atoms with Crippen LogP contribution in [0.25, 0.3) is 0 Å². The average molecular weight is 723 g/mol. The maximum atomic E-state index is 14.6. The predicted octanol–water partition coefficient (Wildman–Crippen LogP) is 7.31. The number of carbonyl (C=O) groups is 2. The summed E-state index contributed by atoms with van der Waals surface area (Å²) in [5.41, 5.74) is 2.76. The van der Waals surface area contributed by atoms with Crippen LogP contribution in [0, 0.1) is 6.92 Å². The summed E-state index contributed by atoms with van der Waals surface area (Å²) in [6.07, 6.45) is 4.15. The minimum Gasteiger partial charge on any atom is -0.352 e. The summed E-state index contributed by atoms with van der Waals surface area (Å²) in [5, 5.41) is 3.60. The van der Waals surface area contributed by atoms with Gasteiger partial charge in [-0.15, -0.1) is 0 Å². The number of carbonyl (C=O) groups excluding carboxylic acids is 2. The van der Waals surface area contributed by atoms with Gasteiger partial charge >= 0.3 is 0 Å². The number of amides is 2. The van der Waals surface area contributed by atoms with Crippen molar-refractivity contribution in [2.45, 2.75) is 62.6 Å².